The van der Waals surface area contributed by atoms with E-state index < -0.39 is 0 Å². The molecular weight excluding hydrogens is 218 g/mol. The lowest BCUT2D eigenvalue weighted by atomic mass is 9.88. The van der Waals surface area contributed by atoms with Crippen LogP contribution in [0.3, 0.4) is 0 Å². The number of halogens is 1. The maximum atomic E-state index is 5.65. The van der Waals surface area contributed by atoms with Gasteiger partial charge in [0.25, 0.3) is 0 Å². The monoisotopic (exact) mass is 235 g/mol. The van der Waals surface area contributed by atoms with Crippen LogP contribution >= 0.6 is 11.6 Å². The Morgan fingerprint density at radius 3 is 2.94 bits per heavy atom. The Kier molecular flexibility index (Phi) is 4.03. The van der Waals surface area contributed by atoms with Crippen LogP contribution in [-0.2, 0) is 12.8 Å². The van der Waals surface area contributed by atoms with Crippen molar-refractivity contribution in [3.05, 3.63) is 46.5 Å². The highest BCUT2D eigenvalue weighted by Gasteiger charge is 2.17. The van der Waals surface area contributed by atoms with Crippen molar-refractivity contribution < 1.29 is 0 Å². The molecule has 0 bridgehead atoms. The van der Waals surface area contributed by atoms with Crippen molar-refractivity contribution in [2.45, 2.75) is 32.2 Å². The molecule has 0 aromatic heterocycles. The molecule has 0 fully saturated rings. The number of rotatable bonds is 3. The Morgan fingerprint density at radius 1 is 1.44 bits per heavy atom. The predicted molar refractivity (Wildman–Crippen MR) is 69.9 cm³/mol. The van der Waals surface area contributed by atoms with Crippen LogP contribution in [0.25, 0.3) is 0 Å². The van der Waals surface area contributed by atoms with E-state index >= 15 is 0 Å². The van der Waals surface area contributed by atoms with Crippen molar-refractivity contribution in [1.29, 1.82) is 0 Å². The van der Waals surface area contributed by atoms with E-state index in [1.165, 1.54) is 29.5 Å². The van der Waals surface area contributed by atoms with E-state index in [0.29, 0.717) is 6.04 Å². The Labute approximate surface area is 103 Å². The lowest BCUT2D eigenvalue weighted by Gasteiger charge is -2.25. The Hall–Kier alpha value is -0.790. The lowest BCUT2D eigenvalue weighted by Crippen LogP contribution is -2.35. The van der Waals surface area contributed by atoms with Crippen LogP contribution in [0, 0.1) is 0 Å². The average molecular weight is 236 g/mol. The van der Waals surface area contributed by atoms with Crippen molar-refractivity contribution in [3.8, 4) is 0 Å². The fraction of sp³-hybridized carbons (Fsp3) is 0.429. The van der Waals surface area contributed by atoms with Crippen LogP contribution in [-0.4, -0.2) is 12.6 Å². The molecule has 16 heavy (non-hydrogen) atoms. The largest absolute Gasteiger partial charge is 0.310 e. The molecule has 0 spiro atoms. The van der Waals surface area contributed by atoms with Gasteiger partial charge in [0.1, 0.15) is 0 Å². The molecule has 2 rings (SSSR count). The van der Waals surface area contributed by atoms with E-state index in [1.807, 2.05) is 0 Å². The predicted octanol–water partition coefficient (Wildman–Crippen LogP) is 3.28. The fourth-order valence-corrected chi connectivity index (χ4v) is 2.29. The number of nitrogens with one attached hydrogen (secondary N) is 1. The van der Waals surface area contributed by atoms with Gasteiger partial charge < -0.3 is 5.32 Å². The molecule has 2 heteroatoms. The van der Waals surface area contributed by atoms with Crippen molar-refractivity contribution in [2.24, 2.45) is 0 Å². The molecule has 0 amide bonds. The summed E-state index contributed by atoms with van der Waals surface area (Å²) < 4.78 is 0. The first-order valence-corrected chi connectivity index (χ1v) is 6.29. The van der Waals surface area contributed by atoms with Gasteiger partial charge in [-0.25, -0.2) is 0 Å². The molecule has 1 nitrogen and oxygen atoms in total. The molecule has 0 aliphatic heterocycles. The summed E-state index contributed by atoms with van der Waals surface area (Å²) in [5.41, 5.74) is 5.87. The Balaban J connectivity index is 1.93. The van der Waals surface area contributed by atoms with E-state index in [2.05, 4.69) is 36.5 Å². The minimum Gasteiger partial charge on any atom is -0.310 e. The van der Waals surface area contributed by atoms with Crippen LogP contribution in [0.4, 0.5) is 0 Å². The molecule has 86 valence electrons. The first-order valence-electron chi connectivity index (χ1n) is 5.85. The minimum absolute atomic E-state index is 0.599. The molecule has 0 saturated carbocycles. The van der Waals surface area contributed by atoms with Gasteiger partial charge in [0.15, 0.2) is 0 Å². The Morgan fingerprint density at radius 2 is 2.19 bits per heavy atom. The molecule has 1 N–H and O–H groups in total. The molecule has 1 atom stereocenters. The third-order valence-electron chi connectivity index (χ3n) is 3.20. The van der Waals surface area contributed by atoms with E-state index in [1.54, 1.807) is 5.54 Å². The molecule has 0 saturated heterocycles. The van der Waals surface area contributed by atoms with Gasteiger partial charge in [-0.3, -0.25) is 0 Å². The summed E-state index contributed by atoms with van der Waals surface area (Å²) in [6.45, 7) is 2.95. The maximum absolute atomic E-state index is 5.65. The average Bonchev–Trinajstić information content (AvgIpc) is 2.35. The molecule has 0 heterocycles. The third kappa shape index (κ3) is 2.87. The summed E-state index contributed by atoms with van der Waals surface area (Å²) in [7, 11) is 0. The molecule has 1 aromatic carbocycles. The maximum Gasteiger partial charge on any atom is 0.0176 e. The second-order valence-corrected chi connectivity index (χ2v) is 4.76. The number of hydrogen-bond donors (Lipinski definition) is 1. The van der Waals surface area contributed by atoms with E-state index in [0.717, 1.165) is 13.0 Å². The van der Waals surface area contributed by atoms with E-state index in [9.17, 15) is 0 Å². The van der Waals surface area contributed by atoms with E-state index in [-0.39, 0.29) is 0 Å². The van der Waals surface area contributed by atoms with Crippen LogP contribution < -0.4 is 5.32 Å². The van der Waals surface area contributed by atoms with Gasteiger partial charge >= 0.3 is 0 Å². The number of benzene rings is 1. The SMILES string of the molecule is C/C(=C/Cl)CNC1CCc2ccccc2C1. The second-order valence-electron chi connectivity index (χ2n) is 4.54. The van der Waals surface area contributed by atoms with Gasteiger partial charge in [0, 0.05) is 18.1 Å². The Bertz CT molecular complexity index is 384. The third-order valence-corrected chi connectivity index (χ3v) is 3.58. The summed E-state index contributed by atoms with van der Waals surface area (Å²) in [5.74, 6) is 0. The highest BCUT2D eigenvalue weighted by molar-refractivity contribution is 6.25. The molecule has 1 aromatic rings. The summed E-state index contributed by atoms with van der Waals surface area (Å²) in [4.78, 5) is 0. The highest BCUT2D eigenvalue weighted by atomic mass is 35.5. The topological polar surface area (TPSA) is 12.0 Å². The normalized spacial score (nSPS) is 20.6. The van der Waals surface area contributed by atoms with Crippen LogP contribution in [0.1, 0.15) is 24.5 Å². The van der Waals surface area contributed by atoms with Gasteiger partial charge in [0.05, 0.1) is 0 Å². The van der Waals surface area contributed by atoms with Gasteiger partial charge in [-0.1, -0.05) is 35.9 Å². The second kappa shape index (κ2) is 5.51. The molecule has 0 radical (unpaired) electrons. The smallest absolute Gasteiger partial charge is 0.0176 e. The molecule has 1 aliphatic carbocycles. The lowest BCUT2D eigenvalue weighted by molar-refractivity contribution is 0.475. The van der Waals surface area contributed by atoms with Crippen LogP contribution in [0.2, 0.25) is 0 Å². The van der Waals surface area contributed by atoms with Gasteiger partial charge in [-0.15, -0.1) is 0 Å². The fourth-order valence-electron chi connectivity index (χ4n) is 2.22. The molecule has 1 aliphatic rings. The minimum atomic E-state index is 0.599. The summed E-state index contributed by atoms with van der Waals surface area (Å²) in [6, 6.07) is 9.35. The molecule has 1 unspecified atom stereocenters. The summed E-state index contributed by atoms with van der Waals surface area (Å²) in [5, 5.41) is 3.56. The van der Waals surface area contributed by atoms with Gasteiger partial charge in [-0.2, -0.15) is 0 Å². The van der Waals surface area contributed by atoms with Crippen molar-refractivity contribution in [2.75, 3.05) is 6.54 Å². The number of aryl methyl sites for hydroxylation is 1. The van der Waals surface area contributed by atoms with Crippen molar-refractivity contribution >= 4 is 11.6 Å². The zero-order valence-electron chi connectivity index (χ0n) is 9.67. The summed E-state index contributed by atoms with van der Waals surface area (Å²) in [6.07, 6.45) is 3.57. The van der Waals surface area contributed by atoms with Gasteiger partial charge in [-0.05, 0) is 42.9 Å². The number of fused-ring (bicyclic) bond motifs is 1. The quantitative estimate of drug-likeness (QED) is 0.848. The first-order chi connectivity index (χ1) is 7.79. The van der Waals surface area contributed by atoms with Crippen LogP contribution in [0.5, 0.6) is 0 Å². The van der Waals surface area contributed by atoms with Crippen molar-refractivity contribution in [1.82, 2.24) is 5.32 Å². The van der Waals surface area contributed by atoms with E-state index in [4.69, 9.17) is 11.6 Å². The van der Waals surface area contributed by atoms with Gasteiger partial charge in [0.2, 0.25) is 0 Å². The highest BCUT2D eigenvalue weighted by Crippen LogP contribution is 2.20. The van der Waals surface area contributed by atoms with Crippen LogP contribution in [0.15, 0.2) is 35.4 Å². The summed E-state index contributed by atoms with van der Waals surface area (Å²) >= 11 is 5.65. The number of hydrogen-bond acceptors (Lipinski definition) is 1. The first kappa shape index (κ1) is 11.7. The zero-order chi connectivity index (χ0) is 11.4. The van der Waals surface area contributed by atoms with Crippen molar-refractivity contribution in [3.63, 3.8) is 0 Å². The standard InChI is InChI=1S/C14H18ClN/c1-11(9-15)10-16-14-7-6-12-4-2-3-5-13(12)8-14/h2-5,9,14,16H,6-8,10H2,1H3/b11-9-. The molecular formula is C14H18ClN. The zero-order valence-corrected chi connectivity index (χ0v) is 10.4.